The lowest BCUT2D eigenvalue weighted by atomic mass is 9.93. The van der Waals surface area contributed by atoms with Crippen LogP contribution in [0, 0.1) is 5.92 Å². The van der Waals surface area contributed by atoms with Crippen LogP contribution in [0.1, 0.15) is 47.0 Å². The molecule has 0 spiro atoms. The van der Waals surface area contributed by atoms with Crippen LogP contribution in [0.3, 0.4) is 0 Å². The number of rotatable bonds is 5. The molecule has 1 fully saturated rings. The lowest BCUT2D eigenvalue weighted by Crippen LogP contribution is -2.50. The molecule has 0 saturated carbocycles. The predicted molar refractivity (Wildman–Crippen MR) is 76.6 cm³/mol. The summed E-state index contributed by atoms with van der Waals surface area (Å²) in [6, 6.07) is 0. The van der Waals surface area contributed by atoms with Crippen molar-refractivity contribution in [1.82, 2.24) is 10.2 Å². The monoisotopic (exact) mass is 269 g/mol. The Labute approximate surface area is 116 Å². The number of nitrogens with one attached hydrogen (secondary N) is 1. The Morgan fingerprint density at radius 3 is 2.74 bits per heavy atom. The van der Waals surface area contributed by atoms with Gasteiger partial charge in [-0.25, -0.2) is 0 Å². The Morgan fingerprint density at radius 2 is 2.21 bits per heavy atom. The standard InChI is InChI=1S/C14H27N3O2/c1-5-11-9-17(8-7-12(11)16-19)10-13(18)15-14(3,4)6-2/h11,19H,5-10H2,1-4H3,(H,15,18). The van der Waals surface area contributed by atoms with Gasteiger partial charge in [-0.2, -0.15) is 0 Å². The van der Waals surface area contributed by atoms with Crippen LogP contribution in [0.5, 0.6) is 0 Å². The SMILES string of the molecule is CCC1CN(CC(=O)NC(C)(C)CC)CCC1=NO. The number of hydrogen-bond donors (Lipinski definition) is 2. The van der Waals surface area contributed by atoms with Crippen LogP contribution in [0.15, 0.2) is 5.16 Å². The topological polar surface area (TPSA) is 64.9 Å². The zero-order chi connectivity index (χ0) is 14.5. The molecule has 0 aromatic rings. The van der Waals surface area contributed by atoms with Crippen molar-refractivity contribution in [2.45, 2.75) is 52.5 Å². The van der Waals surface area contributed by atoms with Crippen molar-refractivity contribution in [3.63, 3.8) is 0 Å². The minimum atomic E-state index is -0.144. The van der Waals surface area contributed by atoms with Crippen LogP contribution >= 0.6 is 0 Å². The van der Waals surface area contributed by atoms with Gasteiger partial charge < -0.3 is 10.5 Å². The number of nitrogens with zero attached hydrogens (tertiary/aromatic N) is 2. The van der Waals surface area contributed by atoms with Crippen molar-refractivity contribution in [2.75, 3.05) is 19.6 Å². The van der Waals surface area contributed by atoms with Crippen LogP contribution < -0.4 is 5.32 Å². The van der Waals surface area contributed by atoms with E-state index >= 15 is 0 Å². The highest BCUT2D eigenvalue weighted by atomic mass is 16.4. The smallest absolute Gasteiger partial charge is 0.234 e. The van der Waals surface area contributed by atoms with Gasteiger partial charge >= 0.3 is 0 Å². The van der Waals surface area contributed by atoms with E-state index in [-0.39, 0.29) is 17.4 Å². The molecule has 1 aliphatic heterocycles. The van der Waals surface area contributed by atoms with E-state index in [1.54, 1.807) is 0 Å². The highest BCUT2D eigenvalue weighted by Gasteiger charge is 2.27. The minimum absolute atomic E-state index is 0.0751. The van der Waals surface area contributed by atoms with Crippen molar-refractivity contribution in [3.8, 4) is 0 Å². The second-order valence-corrected chi connectivity index (χ2v) is 5.97. The summed E-state index contributed by atoms with van der Waals surface area (Å²) in [6.07, 6.45) is 2.61. The fourth-order valence-electron chi connectivity index (χ4n) is 2.33. The molecule has 0 aromatic heterocycles. The van der Waals surface area contributed by atoms with E-state index in [0.29, 0.717) is 6.54 Å². The molecule has 110 valence electrons. The van der Waals surface area contributed by atoms with Crippen molar-refractivity contribution in [2.24, 2.45) is 11.1 Å². The molecule has 1 heterocycles. The third kappa shape index (κ3) is 4.82. The summed E-state index contributed by atoms with van der Waals surface area (Å²) < 4.78 is 0. The first-order valence-corrected chi connectivity index (χ1v) is 7.16. The number of likely N-dealkylation sites (tertiary alicyclic amines) is 1. The van der Waals surface area contributed by atoms with Crippen molar-refractivity contribution in [1.29, 1.82) is 0 Å². The lowest BCUT2D eigenvalue weighted by Gasteiger charge is -2.33. The molecule has 0 aliphatic carbocycles. The van der Waals surface area contributed by atoms with Gasteiger partial charge in [0, 0.05) is 31.0 Å². The average Bonchev–Trinajstić information content (AvgIpc) is 2.37. The third-order valence-corrected chi connectivity index (χ3v) is 3.98. The second-order valence-electron chi connectivity index (χ2n) is 5.97. The van der Waals surface area contributed by atoms with Crippen molar-refractivity contribution >= 4 is 11.6 Å². The van der Waals surface area contributed by atoms with E-state index in [1.165, 1.54) is 0 Å². The molecule has 0 radical (unpaired) electrons. The highest BCUT2D eigenvalue weighted by molar-refractivity contribution is 5.87. The normalized spacial score (nSPS) is 23.6. The van der Waals surface area contributed by atoms with E-state index in [1.807, 2.05) is 13.8 Å². The molecule has 0 aromatic carbocycles. The summed E-state index contributed by atoms with van der Waals surface area (Å²) in [4.78, 5) is 14.1. The minimum Gasteiger partial charge on any atom is -0.411 e. The van der Waals surface area contributed by atoms with Crippen LogP contribution in [-0.2, 0) is 4.79 Å². The van der Waals surface area contributed by atoms with Gasteiger partial charge in [-0.1, -0.05) is 19.0 Å². The van der Waals surface area contributed by atoms with Crippen LogP contribution in [0.2, 0.25) is 0 Å². The van der Waals surface area contributed by atoms with Crippen molar-refractivity contribution in [3.05, 3.63) is 0 Å². The van der Waals surface area contributed by atoms with Gasteiger partial charge in [0.05, 0.1) is 12.3 Å². The molecule has 2 N–H and O–H groups in total. The summed E-state index contributed by atoms with van der Waals surface area (Å²) in [7, 11) is 0. The highest BCUT2D eigenvalue weighted by Crippen LogP contribution is 2.17. The van der Waals surface area contributed by atoms with Gasteiger partial charge in [0.2, 0.25) is 5.91 Å². The van der Waals surface area contributed by atoms with Gasteiger partial charge in [0.25, 0.3) is 0 Å². The lowest BCUT2D eigenvalue weighted by molar-refractivity contribution is -0.124. The number of carbonyl (C=O) groups excluding carboxylic acids is 1. The van der Waals surface area contributed by atoms with Crippen LogP contribution in [0.4, 0.5) is 0 Å². The van der Waals surface area contributed by atoms with Gasteiger partial charge in [-0.15, -0.1) is 0 Å². The molecule has 1 atom stereocenters. The maximum Gasteiger partial charge on any atom is 0.234 e. The van der Waals surface area contributed by atoms with E-state index in [4.69, 9.17) is 5.21 Å². The first-order chi connectivity index (χ1) is 8.91. The second kappa shape index (κ2) is 6.89. The summed E-state index contributed by atoms with van der Waals surface area (Å²) in [5.74, 6) is 0.344. The first kappa shape index (κ1) is 16.0. The molecule has 1 unspecified atom stereocenters. The Morgan fingerprint density at radius 1 is 1.53 bits per heavy atom. The van der Waals surface area contributed by atoms with Gasteiger partial charge in [0.15, 0.2) is 0 Å². The molecule has 1 aliphatic rings. The summed E-state index contributed by atoms with van der Waals surface area (Å²) in [5.41, 5.74) is 0.724. The van der Waals surface area contributed by atoms with E-state index in [9.17, 15) is 4.79 Å². The molecule has 1 rings (SSSR count). The maximum absolute atomic E-state index is 12.0. The van der Waals surface area contributed by atoms with E-state index in [2.05, 4.69) is 29.2 Å². The Hall–Kier alpha value is -1.10. The zero-order valence-electron chi connectivity index (χ0n) is 12.6. The molecule has 5 heteroatoms. The maximum atomic E-state index is 12.0. The number of carbonyl (C=O) groups is 1. The summed E-state index contributed by atoms with van der Waals surface area (Å²) >= 11 is 0. The Balaban J connectivity index is 2.48. The average molecular weight is 269 g/mol. The van der Waals surface area contributed by atoms with Crippen LogP contribution in [0.25, 0.3) is 0 Å². The fraction of sp³-hybridized carbons (Fsp3) is 0.857. The van der Waals surface area contributed by atoms with Crippen molar-refractivity contribution < 1.29 is 10.0 Å². The third-order valence-electron chi connectivity index (χ3n) is 3.98. The number of oxime groups is 1. The Bertz CT molecular complexity index is 340. The van der Waals surface area contributed by atoms with Gasteiger partial charge in [0.1, 0.15) is 0 Å². The molecule has 1 saturated heterocycles. The molecule has 5 nitrogen and oxygen atoms in total. The van der Waals surface area contributed by atoms with Crippen LogP contribution in [-0.4, -0.2) is 46.9 Å². The number of piperidine rings is 1. The van der Waals surface area contributed by atoms with Gasteiger partial charge in [-0.3, -0.25) is 9.69 Å². The quantitative estimate of drug-likeness (QED) is 0.591. The fourth-order valence-corrected chi connectivity index (χ4v) is 2.33. The summed E-state index contributed by atoms with van der Waals surface area (Å²) in [6.45, 7) is 10.2. The van der Waals surface area contributed by atoms with Gasteiger partial charge in [-0.05, 0) is 26.7 Å². The molecule has 1 amide bonds. The Kier molecular flexibility index (Phi) is 5.79. The molecular weight excluding hydrogens is 242 g/mol. The predicted octanol–water partition coefficient (Wildman–Crippen LogP) is 1.85. The van der Waals surface area contributed by atoms with E-state index in [0.717, 1.165) is 38.1 Å². The largest absolute Gasteiger partial charge is 0.411 e. The number of amides is 1. The first-order valence-electron chi connectivity index (χ1n) is 7.16. The molecule has 19 heavy (non-hydrogen) atoms. The van der Waals surface area contributed by atoms with E-state index < -0.39 is 0 Å². The zero-order valence-corrected chi connectivity index (χ0v) is 12.6. The molecule has 0 bridgehead atoms. The molecular formula is C14H27N3O2. The number of hydrogen-bond acceptors (Lipinski definition) is 4. The summed E-state index contributed by atoms with van der Waals surface area (Å²) in [5, 5.41) is 15.4.